The monoisotopic (exact) mass is 663 g/mol. The molecule has 0 fully saturated rings. The minimum absolute atomic E-state index is 0.0648. The summed E-state index contributed by atoms with van der Waals surface area (Å²) in [5, 5.41) is 9.46. The second kappa shape index (κ2) is 27.5. The van der Waals surface area contributed by atoms with Crippen molar-refractivity contribution in [1.82, 2.24) is 10.6 Å². The molecule has 268 valence electrons. The summed E-state index contributed by atoms with van der Waals surface area (Å²) < 4.78 is 0. The number of hydrogen-bond donors (Lipinski definition) is 4. The Balaban J connectivity index is 0.000000410. The minimum atomic E-state index is 0.0648. The van der Waals surface area contributed by atoms with Gasteiger partial charge in [-0.3, -0.25) is 9.59 Å². The number of carbonyl (C=O) groups is 3. The van der Waals surface area contributed by atoms with Crippen molar-refractivity contribution < 1.29 is 14.4 Å². The second-order valence-electron chi connectivity index (χ2n) is 12.5. The van der Waals surface area contributed by atoms with Crippen LogP contribution < -0.4 is 21.7 Å². The van der Waals surface area contributed by atoms with Gasteiger partial charge in [-0.05, 0) is 108 Å². The SMILES string of the molecule is C=C(CCCCC)NC1=CCCC2=C1CCCC2.CCC(=O)NCCCCCC(=O)Nc1cccc2c1C=CCC2.CCCC=O.CN. The predicted molar refractivity (Wildman–Crippen MR) is 205 cm³/mol. The molecule has 0 saturated carbocycles. The highest BCUT2D eigenvalue weighted by atomic mass is 16.2. The number of unbranched alkanes of at least 4 members (excludes halogenated alkanes) is 5. The van der Waals surface area contributed by atoms with Crippen LogP contribution in [0.1, 0.15) is 147 Å². The van der Waals surface area contributed by atoms with E-state index in [2.05, 4.69) is 59.5 Å². The number of carbonyl (C=O) groups excluding carboxylic acids is 3. The first kappa shape index (κ1) is 42.6. The fraction of sp³-hybridized carbons (Fsp3) is 0.585. The normalized spacial score (nSPS) is 14.1. The zero-order chi connectivity index (χ0) is 35.4. The molecule has 48 heavy (non-hydrogen) atoms. The van der Waals surface area contributed by atoms with Crippen molar-refractivity contribution in [3.8, 4) is 0 Å². The van der Waals surface area contributed by atoms with Crippen LogP contribution in [-0.2, 0) is 20.8 Å². The topological polar surface area (TPSA) is 113 Å². The van der Waals surface area contributed by atoms with E-state index in [1.54, 1.807) is 11.1 Å². The Bertz CT molecular complexity index is 1200. The summed E-state index contributed by atoms with van der Waals surface area (Å²) in [5.74, 6) is 0.152. The van der Waals surface area contributed by atoms with E-state index in [1.807, 2.05) is 26.0 Å². The van der Waals surface area contributed by atoms with E-state index >= 15 is 0 Å². The van der Waals surface area contributed by atoms with Gasteiger partial charge in [-0.2, -0.15) is 0 Å². The lowest BCUT2D eigenvalue weighted by atomic mass is 9.84. The van der Waals surface area contributed by atoms with Gasteiger partial charge in [0.15, 0.2) is 0 Å². The van der Waals surface area contributed by atoms with Gasteiger partial charge in [-0.1, -0.05) is 82.5 Å². The van der Waals surface area contributed by atoms with E-state index in [9.17, 15) is 14.4 Å². The van der Waals surface area contributed by atoms with Crippen molar-refractivity contribution in [2.24, 2.45) is 5.73 Å². The molecular formula is C41H66N4O3. The van der Waals surface area contributed by atoms with Crippen molar-refractivity contribution in [1.29, 1.82) is 0 Å². The number of nitrogens with one attached hydrogen (secondary N) is 3. The van der Waals surface area contributed by atoms with Crippen molar-refractivity contribution in [2.45, 2.75) is 143 Å². The van der Waals surface area contributed by atoms with Crippen LogP contribution in [0.2, 0.25) is 0 Å². The van der Waals surface area contributed by atoms with Gasteiger partial charge in [0, 0.05) is 48.5 Å². The molecule has 1 aromatic rings. The number of allylic oxidation sites excluding steroid dienone is 5. The number of rotatable bonds is 16. The average Bonchev–Trinajstić information content (AvgIpc) is 3.12. The lowest BCUT2D eigenvalue weighted by Crippen LogP contribution is -2.23. The van der Waals surface area contributed by atoms with Crippen LogP contribution in [0.15, 0.2) is 59.5 Å². The molecule has 0 aromatic heterocycles. The highest BCUT2D eigenvalue weighted by Gasteiger charge is 2.19. The molecule has 0 bridgehead atoms. The third-order valence-corrected chi connectivity index (χ3v) is 8.56. The Morgan fingerprint density at radius 3 is 2.33 bits per heavy atom. The number of benzene rings is 1. The van der Waals surface area contributed by atoms with Gasteiger partial charge >= 0.3 is 0 Å². The first-order chi connectivity index (χ1) is 23.4. The number of amides is 2. The maximum Gasteiger partial charge on any atom is 0.224 e. The molecular weight excluding hydrogens is 596 g/mol. The van der Waals surface area contributed by atoms with E-state index in [4.69, 9.17) is 0 Å². The Kier molecular flexibility index (Phi) is 24.4. The zero-order valence-corrected chi connectivity index (χ0v) is 30.7. The van der Waals surface area contributed by atoms with Crippen LogP contribution in [-0.4, -0.2) is 31.7 Å². The molecule has 3 aliphatic carbocycles. The molecule has 0 radical (unpaired) electrons. The van der Waals surface area contributed by atoms with Crippen LogP contribution >= 0.6 is 0 Å². The first-order valence-electron chi connectivity index (χ1n) is 18.7. The number of hydrogen-bond acceptors (Lipinski definition) is 5. The van der Waals surface area contributed by atoms with E-state index in [0.29, 0.717) is 25.8 Å². The third-order valence-electron chi connectivity index (χ3n) is 8.56. The van der Waals surface area contributed by atoms with Crippen LogP contribution in [0.25, 0.3) is 6.08 Å². The molecule has 0 spiro atoms. The van der Waals surface area contributed by atoms with Crippen molar-refractivity contribution in [3.05, 3.63) is 70.6 Å². The number of anilines is 1. The zero-order valence-electron chi connectivity index (χ0n) is 30.7. The maximum absolute atomic E-state index is 12.1. The summed E-state index contributed by atoms with van der Waals surface area (Å²) in [6.07, 6.45) is 28.0. The molecule has 0 saturated heterocycles. The first-order valence-corrected chi connectivity index (χ1v) is 18.7. The molecule has 7 heteroatoms. The van der Waals surface area contributed by atoms with Crippen LogP contribution in [0, 0.1) is 0 Å². The Hall–Kier alpha value is -3.45. The number of nitrogens with two attached hydrogens (primary N) is 1. The molecule has 0 atom stereocenters. The number of aryl methyl sites for hydroxylation is 1. The molecule has 7 nitrogen and oxygen atoms in total. The van der Waals surface area contributed by atoms with E-state index in [0.717, 1.165) is 62.5 Å². The molecule has 0 aliphatic heterocycles. The molecule has 5 N–H and O–H groups in total. The minimum Gasteiger partial charge on any atom is -0.359 e. The number of aldehydes is 1. The van der Waals surface area contributed by atoms with Gasteiger partial charge in [-0.25, -0.2) is 0 Å². The highest BCUT2D eigenvalue weighted by Crippen LogP contribution is 2.35. The lowest BCUT2D eigenvalue weighted by Gasteiger charge is -2.27. The molecule has 2 amide bonds. The summed E-state index contributed by atoms with van der Waals surface area (Å²) in [7, 11) is 1.50. The van der Waals surface area contributed by atoms with Crippen molar-refractivity contribution >= 4 is 29.9 Å². The van der Waals surface area contributed by atoms with Gasteiger partial charge in [0.2, 0.25) is 11.8 Å². The summed E-state index contributed by atoms with van der Waals surface area (Å²) >= 11 is 0. The molecule has 4 rings (SSSR count). The van der Waals surface area contributed by atoms with E-state index < -0.39 is 0 Å². The third kappa shape index (κ3) is 17.6. The van der Waals surface area contributed by atoms with E-state index in [1.165, 1.54) is 81.8 Å². The van der Waals surface area contributed by atoms with Crippen molar-refractivity contribution in [2.75, 3.05) is 18.9 Å². The molecule has 1 aromatic carbocycles. The largest absolute Gasteiger partial charge is 0.359 e. The van der Waals surface area contributed by atoms with Gasteiger partial charge in [0.05, 0.1) is 0 Å². The highest BCUT2D eigenvalue weighted by molar-refractivity contribution is 5.93. The average molecular weight is 663 g/mol. The second-order valence-corrected chi connectivity index (χ2v) is 12.5. The summed E-state index contributed by atoms with van der Waals surface area (Å²) in [4.78, 5) is 32.6. The maximum atomic E-state index is 12.1. The molecule has 0 heterocycles. The summed E-state index contributed by atoms with van der Waals surface area (Å²) in [5.41, 5.74) is 13.8. The molecule has 0 unspecified atom stereocenters. The fourth-order valence-corrected chi connectivity index (χ4v) is 5.90. The Morgan fingerprint density at radius 2 is 1.62 bits per heavy atom. The fourth-order valence-electron chi connectivity index (χ4n) is 5.90. The van der Waals surface area contributed by atoms with Crippen LogP contribution in [0.4, 0.5) is 5.69 Å². The van der Waals surface area contributed by atoms with Gasteiger partial charge < -0.3 is 26.5 Å². The van der Waals surface area contributed by atoms with Gasteiger partial charge in [0.25, 0.3) is 0 Å². The Labute approximate surface area is 292 Å². The molecule has 3 aliphatic rings. The Morgan fingerprint density at radius 1 is 0.854 bits per heavy atom. The predicted octanol–water partition coefficient (Wildman–Crippen LogP) is 9.45. The van der Waals surface area contributed by atoms with Crippen LogP contribution in [0.3, 0.4) is 0 Å². The summed E-state index contributed by atoms with van der Waals surface area (Å²) in [6, 6.07) is 6.09. The van der Waals surface area contributed by atoms with Gasteiger partial charge in [-0.15, -0.1) is 0 Å². The smallest absolute Gasteiger partial charge is 0.224 e. The van der Waals surface area contributed by atoms with Gasteiger partial charge in [0.1, 0.15) is 6.29 Å². The van der Waals surface area contributed by atoms with Crippen LogP contribution in [0.5, 0.6) is 0 Å². The summed E-state index contributed by atoms with van der Waals surface area (Å²) in [6.45, 7) is 11.0. The quantitative estimate of drug-likeness (QED) is 0.104. The van der Waals surface area contributed by atoms with E-state index in [-0.39, 0.29) is 11.8 Å². The standard InChI is InChI=1S/C19H26N2O2.C17H27N.C4H8O.CH5N/c1-2-18(22)20-14-7-3-4-13-19(23)21-17-12-8-10-15-9-5-6-11-16(15)17;1-3-4-5-9-14(2)18-17-13-8-11-15-10-6-7-12-16(15)17;1-2-3-4-5;1-2/h6,8,10-12H,2-5,7,9,13-14H2,1H3,(H,20,22)(H,21,23);13,18H,2-12H2,1H3;4H,2-3H2,1H3;2H2,1H3. The number of fused-ring (bicyclic) bond motifs is 1. The lowest BCUT2D eigenvalue weighted by molar-refractivity contribution is -0.121. The van der Waals surface area contributed by atoms with Crippen molar-refractivity contribution in [3.63, 3.8) is 0 Å².